The highest BCUT2D eigenvalue weighted by molar-refractivity contribution is 5.81. The molecule has 0 bridgehead atoms. The van der Waals surface area contributed by atoms with E-state index in [0.717, 1.165) is 11.1 Å². The molecule has 1 atom stereocenters. The molecular weight excluding hydrogens is 312 g/mol. The van der Waals surface area contributed by atoms with Crippen LogP contribution in [0.3, 0.4) is 0 Å². The third-order valence-corrected chi connectivity index (χ3v) is 3.27. The number of phenols is 1. The second kappa shape index (κ2) is 8.52. The van der Waals surface area contributed by atoms with Crippen molar-refractivity contribution in [2.45, 2.75) is 19.1 Å². The number of alkyl carbamates (subject to hydrolysis) is 1. The van der Waals surface area contributed by atoms with Gasteiger partial charge >= 0.3 is 12.1 Å². The highest BCUT2D eigenvalue weighted by Gasteiger charge is 2.22. The summed E-state index contributed by atoms with van der Waals surface area (Å²) in [5, 5.41) is 11.8. The number of aromatic nitrogens is 1. The highest BCUT2D eigenvalue weighted by atomic mass is 16.6. The van der Waals surface area contributed by atoms with Gasteiger partial charge in [0.1, 0.15) is 18.4 Å². The number of carbonyl (C=O) groups is 2. The average Bonchev–Trinajstić information content (AvgIpc) is 2.61. The van der Waals surface area contributed by atoms with Gasteiger partial charge in [-0.25, -0.2) is 9.59 Å². The van der Waals surface area contributed by atoms with Crippen LogP contribution < -0.4 is 5.32 Å². The summed E-state index contributed by atoms with van der Waals surface area (Å²) in [5.41, 5.74) is 1.55. The number of rotatable bonds is 6. The molecule has 0 radical (unpaired) electrons. The number of nitrogens with zero attached hydrogens (tertiary/aromatic N) is 1. The van der Waals surface area contributed by atoms with E-state index in [1.165, 1.54) is 19.2 Å². The van der Waals surface area contributed by atoms with Crippen molar-refractivity contribution < 1.29 is 24.2 Å². The van der Waals surface area contributed by atoms with Gasteiger partial charge in [0, 0.05) is 18.8 Å². The average molecular weight is 330 g/mol. The number of nitrogens with one attached hydrogen (secondary N) is 1. The lowest BCUT2D eigenvalue weighted by Crippen LogP contribution is -2.43. The quantitative estimate of drug-likeness (QED) is 0.784. The zero-order chi connectivity index (χ0) is 17.4. The minimum Gasteiger partial charge on any atom is -0.508 e. The molecule has 1 aromatic carbocycles. The molecule has 24 heavy (non-hydrogen) atoms. The minimum atomic E-state index is -0.885. The summed E-state index contributed by atoms with van der Waals surface area (Å²) in [6, 6.07) is 8.90. The number of methoxy groups -OCH3 is 1. The standard InChI is InChI=1S/C17H18N2O5/c1-23-16(21)15(10-12-2-4-14(20)5-3-12)19-17(22)24-11-13-6-8-18-9-7-13/h2-9,15,20H,10-11H2,1H3,(H,19,22)/t15-/m0/s1. The number of ether oxygens (including phenoxy) is 2. The van der Waals surface area contributed by atoms with E-state index >= 15 is 0 Å². The van der Waals surface area contributed by atoms with E-state index in [2.05, 4.69) is 10.3 Å². The van der Waals surface area contributed by atoms with E-state index in [9.17, 15) is 14.7 Å². The first-order chi connectivity index (χ1) is 11.6. The molecule has 0 aliphatic carbocycles. The molecule has 7 nitrogen and oxygen atoms in total. The van der Waals surface area contributed by atoms with Gasteiger partial charge in [0.25, 0.3) is 0 Å². The predicted molar refractivity (Wildman–Crippen MR) is 85.2 cm³/mol. The first-order valence-corrected chi connectivity index (χ1v) is 7.26. The van der Waals surface area contributed by atoms with Crippen molar-refractivity contribution in [2.24, 2.45) is 0 Å². The normalized spacial score (nSPS) is 11.4. The van der Waals surface area contributed by atoms with E-state index in [4.69, 9.17) is 9.47 Å². The summed E-state index contributed by atoms with van der Waals surface area (Å²) in [4.78, 5) is 27.6. The molecule has 0 unspecified atom stereocenters. The molecular formula is C17H18N2O5. The Morgan fingerprint density at radius 2 is 1.79 bits per heavy atom. The second-order valence-electron chi connectivity index (χ2n) is 5.02. The van der Waals surface area contributed by atoms with Gasteiger partial charge in [0.05, 0.1) is 7.11 Å². The number of benzene rings is 1. The summed E-state index contributed by atoms with van der Waals surface area (Å²) in [6.45, 7) is 0.0709. The van der Waals surface area contributed by atoms with Crippen molar-refractivity contribution in [3.63, 3.8) is 0 Å². The van der Waals surface area contributed by atoms with Crippen LogP contribution in [0.2, 0.25) is 0 Å². The zero-order valence-electron chi connectivity index (χ0n) is 13.1. The van der Waals surface area contributed by atoms with Crippen molar-refractivity contribution in [3.05, 3.63) is 59.9 Å². The van der Waals surface area contributed by atoms with Crippen LogP contribution >= 0.6 is 0 Å². The summed E-state index contributed by atoms with van der Waals surface area (Å²) in [6.07, 6.45) is 2.69. The van der Waals surface area contributed by atoms with E-state index in [1.807, 2.05) is 0 Å². The fourth-order valence-corrected chi connectivity index (χ4v) is 2.02. The van der Waals surface area contributed by atoms with Crippen LogP contribution in [0.1, 0.15) is 11.1 Å². The number of hydrogen-bond acceptors (Lipinski definition) is 6. The summed E-state index contributed by atoms with van der Waals surface area (Å²) >= 11 is 0. The third kappa shape index (κ3) is 5.28. The largest absolute Gasteiger partial charge is 0.508 e. The number of pyridine rings is 1. The molecule has 1 amide bonds. The van der Waals surface area contributed by atoms with Crippen LogP contribution in [0.5, 0.6) is 5.75 Å². The third-order valence-electron chi connectivity index (χ3n) is 3.27. The van der Waals surface area contributed by atoms with Gasteiger partial charge in [-0.15, -0.1) is 0 Å². The molecule has 0 saturated heterocycles. The van der Waals surface area contributed by atoms with Gasteiger partial charge in [0.2, 0.25) is 0 Å². The summed E-state index contributed by atoms with van der Waals surface area (Å²) < 4.78 is 9.79. The van der Waals surface area contributed by atoms with Crippen LogP contribution in [-0.2, 0) is 27.3 Å². The number of esters is 1. The van der Waals surface area contributed by atoms with Crippen LogP contribution in [0, 0.1) is 0 Å². The molecule has 0 fully saturated rings. The van der Waals surface area contributed by atoms with E-state index < -0.39 is 18.1 Å². The van der Waals surface area contributed by atoms with Crippen molar-refractivity contribution >= 4 is 12.1 Å². The van der Waals surface area contributed by atoms with Gasteiger partial charge in [0.15, 0.2) is 0 Å². The Morgan fingerprint density at radius 3 is 2.42 bits per heavy atom. The number of amides is 1. The smallest absolute Gasteiger partial charge is 0.408 e. The first-order valence-electron chi connectivity index (χ1n) is 7.26. The fourth-order valence-electron chi connectivity index (χ4n) is 2.02. The van der Waals surface area contributed by atoms with E-state index in [1.54, 1.807) is 36.7 Å². The van der Waals surface area contributed by atoms with Gasteiger partial charge in [-0.05, 0) is 35.4 Å². The Kier molecular flexibility index (Phi) is 6.13. The van der Waals surface area contributed by atoms with Crippen LogP contribution in [0.25, 0.3) is 0 Å². The number of aromatic hydroxyl groups is 1. The first kappa shape index (κ1) is 17.3. The Hall–Kier alpha value is -3.09. The van der Waals surface area contributed by atoms with Gasteiger partial charge < -0.3 is 19.9 Å². The van der Waals surface area contributed by atoms with Crippen molar-refractivity contribution in [2.75, 3.05) is 7.11 Å². The fraction of sp³-hybridized carbons (Fsp3) is 0.235. The van der Waals surface area contributed by atoms with Crippen LogP contribution in [0.15, 0.2) is 48.8 Å². The minimum absolute atomic E-state index is 0.0709. The summed E-state index contributed by atoms with van der Waals surface area (Å²) in [5.74, 6) is -0.456. The van der Waals surface area contributed by atoms with Gasteiger partial charge in [-0.2, -0.15) is 0 Å². The Morgan fingerprint density at radius 1 is 1.12 bits per heavy atom. The van der Waals surface area contributed by atoms with Crippen molar-refractivity contribution in [1.82, 2.24) is 10.3 Å². The molecule has 2 N–H and O–H groups in total. The SMILES string of the molecule is COC(=O)[C@H](Cc1ccc(O)cc1)NC(=O)OCc1ccncc1. The maximum absolute atomic E-state index is 11.9. The van der Waals surface area contributed by atoms with Crippen molar-refractivity contribution in [3.8, 4) is 5.75 Å². The molecule has 0 saturated carbocycles. The highest BCUT2D eigenvalue weighted by Crippen LogP contribution is 2.12. The number of hydrogen-bond donors (Lipinski definition) is 2. The molecule has 126 valence electrons. The Labute approximate surface area is 139 Å². The van der Waals surface area contributed by atoms with Crippen LogP contribution in [0.4, 0.5) is 4.79 Å². The Bertz CT molecular complexity index is 673. The Balaban J connectivity index is 1.93. The summed E-state index contributed by atoms with van der Waals surface area (Å²) in [7, 11) is 1.25. The monoisotopic (exact) mass is 330 g/mol. The van der Waals surface area contributed by atoms with Gasteiger partial charge in [-0.1, -0.05) is 12.1 Å². The molecule has 0 aliphatic heterocycles. The van der Waals surface area contributed by atoms with E-state index in [-0.39, 0.29) is 18.8 Å². The lowest BCUT2D eigenvalue weighted by molar-refractivity contribution is -0.143. The molecule has 2 rings (SSSR count). The van der Waals surface area contributed by atoms with Crippen LogP contribution in [-0.4, -0.2) is 35.3 Å². The van der Waals surface area contributed by atoms with Gasteiger partial charge in [-0.3, -0.25) is 4.98 Å². The number of phenolic OH excluding ortho intramolecular Hbond substituents is 1. The van der Waals surface area contributed by atoms with E-state index in [0.29, 0.717) is 0 Å². The topological polar surface area (TPSA) is 97.8 Å². The predicted octanol–water partition coefficient (Wildman–Crippen LogP) is 1.80. The van der Waals surface area contributed by atoms with Crippen molar-refractivity contribution in [1.29, 1.82) is 0 Å². The zero-order valence-corrected chi connectivity index (χ0v) is 13.1. The molecule has 0 aliphatic rings. The molecule has 1 heterocycles. The molecule has 7 heteroatoms. The molecule has 2 aromatic rings. The maximum atomic E-state index is 11.9. The lowest BCUT2D eigenvalue weighted by atomic mass is 10.1. The number of carbonyl (C=O) groups excluding carboxylic acids is 2. The molecule has 0 spiro atoms. The lowest BCUT2D eigenvalue weighted by Gasteiger charge is -2.16. The maximum Gasteiger partial charge on any atom is 0.408 e. The second-order valence-corrected chi connectivity index (χ2v) is 5.02. The molecule has 1 aromatic heterocycles.